The lowest BCUT2D eigenvalue weighted by Crippen LogP contribution is -2.60. The van der Waals surface area contributed by atoms with E-state index in [1.807, 2.05) is 12.3 Å². The van der Waals surface area contributed by atoms with Gasteiger partial charge in [-0.2, -0.15) is 5.10 Å². The normalized spacial score (nSPS) is 32.6. The van der Waals surface area contributed by atoms with Crippen LogP contribution in [0.2, 0.25) is 0 Å². The van der Waals surface area contributed by atoms with Gasteiger partial charge in [0.2, 0.25) is 0 Å². The number of benzene rings is 1. The third kappa shape index (κ3) is 3.17. The number of likely N-dealkylation sites (tertiary alicyclic amines) is 1. The largest absolute Gasteiger partial charge is 0.497 e. The maximum absolute atomic E-state index is 5.51. The Morgan fingerprint density at radius 1 is 1.11 bits per heavy atom. The molecule has 5 heterocycles. The van der Waals surface area contributed by atoms with Gasteiger partial charge in [0.25, 0.3) is 0 Å². The first-order valence-electron chi connectivity index (χ1n) is 10.4. The summed E-state index contributed by atoms with van der Waals surface area (Å²) in [5.41, 5.74) is 1.45. The number of fused-ring (bicyclic) bond motifs is 2. The fourth-order valence-corrected chi connectivity index (χ4v) is 5.83. The Balaban J connectivity index is 1.36. The number of hydrogen-bond acceptors (Lipinski definition) is 4. The van der Waals surface area contributed by atoms with E-state index in [1.54, 1.807) is 7.11 Å². The lowest BCUT2D eigenvalue weighted by atomic mass is 9.75. The van der Waals surface area contributed by atoms with Crippen molar-refractivity contribution in [3.05, 3.63) is 48.3 Å². The van der Waals surface area contributed by atoms with Crippen molar-refractivity contribution in [1.29, 1.82) is 0 Å². The van der Waals surface area contributed by atoms with Crippen molar-refractivity contribution in [3.8, 4) is 5.75 Å². The van der Waals surface area contributed by atoms with Crippen molar-refractivity contribution < 1.29 is 4.74 Å². The fraction of sp³-hybridized carbons (Fsp3) is 0.591. The molecule has 2 aromatic rings. The summed E-state index contributed by atoms with van der Waals surface area (Å²) in [6.07, 6.45) is 7.87. The van der Waals surface area contributed by atoms with E-state index in [2.05, 4.69) is 50.0 Å². The Morgan fingerprint density at radius 3 is 2.78 bits per heavy atom. The summed E-state index contributed by atoms with van der Waals surface area (Å²) in [5, 5.41) is 4.36. The number of aromatic nitrogens is 2. The van der Waals surface area contributed by atoms with Gasteiger partial charge in [-0.1, -0.05) is 12.1 Å². The van der Waals surface area contributed by atoms with Gasteiger partial charge in [0.05, 0.1) is 7.11 Å². The molecule has 1 aromatic heterocycles. The molecule has 0 saturated carbocycles. The second-order valence-corrected chi connectivity index (χ2v) is 8.36. The van der Waals surface area contributed by atoms with Crippen LogP contribution in [0, 0.1) is 5.92 Å². The van der Waals surface area contributed by atoms with Gasteiger partial charge in [0.1, 0.15) is 5.75 Å². The van der Waals surface area contributed by atoms with E-state index >= 15 is 0 Å². The van der Waals surface area contributed by atoms with E-state index in [-0.39, 0.29) is 0 Å². The SMILES string of the molecule is COc1cccc([C@@H]2CN(CCCn3cccn3)[C@H]3C4CCN(CC4)[C@@H]23)c1. The van der Waals surface area contributed by atoms with Crippen LogP contribution < -0.4 is 4.74 Å². The molecule has 0 amide bonds. The minimum Gasteiger partial charge on any atom is -0.497 e. The van der Waals surface area contributed by atoms with Crippen molar-refractivity contribution in [2.24, 2.45) is 5.92 Å². The van der Waals surface area contributed by atoms with E-state index in [4.69, 9.17) is 4.74 Å². The average Bonchev–Trinajstić information content (AvgIpc) is 3.38. The third-order valence-corrected chi connectivity index (χ3v) is 7.01. The van der Waals surface area contributed by atoms with Crippen LogP contribution >= 0.6 is 0 Å². The number of ether oxygens (including phenoxy) is 1. The summed E-state index contributed by atoms with van der Waals surface area (Å²) >= 11 is 0. The first-order valence-corrected chi connectivity index (χ1v) is 10.4. The Bertz CT molecular complexity index is 753. The maximum Gasteiger partial charge on any atom is 0.119 e. The minimum absolute atomic E-state index is 0.595. The standard InChI is InChI=1S/C22H30N4O/c1-27-19-6-2-5-18(15-19)20-16-25(10-4-12-26-11-3-9-23-26)21-17-7-13-24(14-8-17)22(20)21/h2-3,5-6,9,11,15,17,20-22H,4,7-8,10,12-14,16H2,1H3/t20-,21-,22-/m0/s1. The second kappa shape index (κ2) is 7.28. The van der Waals surface area contributed by atoms with Gasteiger partial charge in [0.15, 0.2) is 0 Å². The highest BCUT2D eigenvalue weighted by molar-refractivity contribution is 5.34. The number of rotatable bonds is 6. The highest BCUT2D eigenvalue weighted by atomic mass is 16.5. The quantitative estimate of drug-likeness (QED) is 0.787. The van der Waals surface area contributed by atoms with Crippen LogP contribution in [0.5, 0.6) is 5.75 Å². The molecule has 0 aliphatic carbocycles. The van der Waals surface area contributed by atoms with Crippen LogP contribution in [0.1, 0.15) is 30.7 Å². The molecule has 4 fully saturated rings. The molecule has 144 valence electrons. The average molecular weight is 367 g/mol. The van der Waals surface area contributed by atoms with Crippen LogP contribution in [0.15, 0.2) is 42.7 Å². The molecule has 4 aliphatic rings. The lowest BCUT2D eigenvalue weighted by molar-refractivity contribution is -0.00698. The van der Waals surface area contributed by atoms with E-state index in [0.717, 1.165) is 24.3 Å². The lowest BCUT2D eigenvalue weighted by Gasteiger charge is -2.51. The van der Waals surface area contributed by atoms with Gasteiger partial charge in [-0.05, 0) is 62.0 Å². The van der Waals surface area contributed by atoms with Crippen LogP contribution in [0.25, 0.3) is 0 Å². The van der Waals surface area contributed by atoms with Gasteiger partial charge in [-0.25, -0.2) is 0 Å². The van der Waals surface area contributed by atoms with Crippen molar-refractivity contribution in [1.82, 2.24) is 19.6 Å². The summed E-state index contributed by atoms with van der Waals surface area (Å²) in [7, 11) is 1.77. The molecule has 0 spiro atoms. The number of nitrogens with zero attached hydrogens (tertiary/aromatic N) is 4. The molecule has 1 aromatic carbocycles. The molecule has 27 heavy (non-hydrogen) atoms. The van der Waals surface area contributed by atoms with Gasteiger partial charge >= 0.3 is 0 Å². The summed E-state index contributed by atoms with van der Waals surface area (Å²) < 4.78 is 7.57. The summed E-state index contributed by atoms with van der Waals surface area (Å²) in [5.74, 6) is 2.45. The second-order valence-electron chi connectivity index (χ2n) is 8.36. The van der Waals surface area contributed by atoms with Crippen molar-refractivity contribution >= 4 is 0 Å². The number of methoxy groups -OCH3 is 1. The van der Waals surface area contributed by atoms with Crippen LogP contribution in [-0.2, 0) is 6.54 Å². The highest BCUT2D eigenvalue weighted by Gasteiger charge is 2.52. The molecular formula is C22H30N4O. The predicted octanol–water partition coefficient (Wildman–Crippen LogP) is 2.84. The molecule has 2 bridgehead atoms. The predicted molar refractivity (Wildman–Crippen MR) is 106 cm³/mol. The molecule has 0 unspecified atom stereocenters. The molecule has 4 saturated heterocycles. The third-order valence-electron chi connectivity index (χ3n) is 7.01. The molecule has 0 N–H and O–H groups in total. The van der Waals surface area contributed by atoms with E-state index in [0.29, 0.717) is 12.0 Å². The summed E-state index contributed by atoms with van der Waals surface area (Å²) in [6.45, 7) is 5.93. The van der Waals surface area contributed by atoms with E-state index in [1.165, 1.54) is 51.0 Å². The summed E-state index contributed by atoms with van der Waals surface area (Å²) in [4.78, 5) is 5.58. The monoisotopic (exact) mass is 366 g/mol. The molecule has 6 rings (SSSR count). The first kappa shape index (κ1) is 17.3. The van der Waals surface area contributed by atoms with Crippen molar-refractivity contribution in [2.75, 3.05) is 33.3 Å². The highest BCUT2D eigenvalue weighted by Crippen LogP contribution is 2.46. The molecule has 4 aliphatic heterocycles. The number of hydrogen-bond donors (Lipinski definition) is 0. The van der Waals surface area contributed by atoms with Gasteiger partial charge in [0, 0.05) is 50.0 Å². The zero-order valence-corrected chi connectivity index (χ0v) is 16.2. The van der Waals surface area contributed by atoms with Crippen molar-refractivity contribution in [3.63, 3.8) is 0 Å². The molecule has 5 nitrogen and oxygen atoms in total. The number of aryl methyl sites for hydroxylation is 1. The topological polar surface area (TPSA) is 33.5 Å². The van der Waals surface area contributed by atoms with Crippen LogP contribution in [-0.4, -0.2) is 65.0 Å². The Hall–Kier alpha value is -1.85. The summed E-state index contributed by atoms with van der Waals surface area (Å²) in [6, 6.07) is 12.2. The zero-order valence-electron chi connectivity index (χ0n) is 16.2. The molecule has 5 heteroatoms. The van der Waals surface area contributed by atoms with E-state index < -0.39 is 0 Å². The minimum atomic E-state index is 0.595. The van der Waals surface area contributed by atoms with Gasteiger partial charge in [-0.3, -0.25) is 14.5 Å². The molecule has 0 radical (unpaired) electrons. The van der Waals surface area contributed by atoms with Gasteiger partial charge < -0.3 is 4.74 Å². The Morgan fingerprint density at radius 2 is 2.00 bits per heavy atom. The zero-order chi connectivity index (χ0) is 18.2. The first-order chi connectivity index (χ1) is 13.3. The van der Waals surface area contributed by atoms with Crippen LogP contribution in [0.4, 0.5) is 0 Å². The molecule has 3 atom stereocenters. The smallest absolute Gasteiger partial charge is 0.119 e. The molecular weight excluding hydrogens is 336 g/mol. The van der Waals surface area contributed by atoms with E-state index in [9.17, 15) is 0 Å². The van der Waals surface area contributed by atoms with Crippen LogP contribution in [0.3, 0.4) is 0 Å². The van der Waals surface area contributed by atoms with Crippen molar-refractivity contribution in [2.45, 2.75) is 43.8 Å². The Kier molecular flexibility index (Phi) is 4.66. The Labute approximate surface area is 161 Å². The fourth-order valence-electron chi connectivity index (χ4n) is 5.83. The number of piperidine rings is 3. The van der Waals surface area contributed by atoms with Gasteiger partial charge in [-0.15, -0.1) is 0 Å². The maximum atomic E-state index is 5.51.